The lowest BCUT2D eigenvalue weighted by molar-refractivity contribution is -0.498. The van der Waals surface area contributed by atoms with Crippen molar-refractivity contribution < 1.29 is 4.92 Å². The molecule has 0 amide bonds. The summed E-state index contributed by atoms with van der Waals surface area (Å²) in [5.41, 5.74) is 0. The van der Waals surface area contributed by atoms with Gasteiger partial charge in [0.25, 0.3) is 0 Å². The van der Waals surface area contributed by atoms with Crippen molar-refractivity contribution in [3.8, 4) is 0 Å². The summed E-state index contributed by atoms with van der Waals surface area (Å²) in [5.74, 6) is 0.343. The van der Waals surface area contributed by atoms with E-state index in [4.69, 9.17) is 0 Å². The molecule has 0 aromatic rings. The Kier molecular flexibility index (Phi) is 2.24. The van der Waals surface area contributed by atoms with Gasteiger partial charge in [0, 0.05) is 29.8 Å². The van der Waals surface area contributed by atoms with Crippen molar-refractivity contribution in [1.82, 2.24) is 4.90 Å². The summed E-state index contributed by atoms with van der Waals surface area (Å²) in [7, 11) is 0. The number of rotatable bonds is 3. The smallest absolute Gasteiger partial charge is 0.218 e. The second-order valence-electron chi connectivity index (χ2n) is 4.33. The highest BCUT2D eigenvalue weighted by Crippen LogP contribution is 2.35. The van der Waals surface area contributed by atoms with Crippen LogP contribution in [-0.2, 0) is 0 Å². The van der Waals surface area contributed by atoms with Crippen LogP contribution < -0.4 is 0 Å². The van der Waals surface area contributed by atoms with E-state index in [2.05, 4.69) is 11.8 Å². The number of likely N-dealkylation sites (tertiary alicyclic amines) is 1. The molecular formula is C9H16N2O2. The Bertz CT molecular complexity index is 220. The molecule has 0 spiro atoms. The van der Waals surface area contributed by atoms with E-state index in [1.54, 1.807) is 0 Å². The molecule has 4 heteroatoms. The molecule has 0 aromatic heterocycles. The summed E-state index contributed by atoms with van der Waals surface area (Å²) < 4.78 is 0. The molecular weight excluding hydrogens is 168 g/mol. The topological polar surface area (TPSA) is 46.4 Å². The van der Waals surface area contributed by atoms with Gasteiger partial charge < -0.3 is 4.90 Å². The fourth-order valence-electron chi connectivity index (χ4n) is 2.25. The molecule has 2 rings (SSSR count). The van der Waals surface area contributed by atoms with Crippen LogP contribution in [0.1, 0.15) is 26.2 Å². The molecule has 1 heterocycles. The summed E-state index contributed by atoms with van der Waals surface area (Å²) in [5, 5.41) is 10.4. The monoisotopic (exact) mass is 184 g/mol. The summed E-state index contributed by atoms with van der Waals surface area (Å²) in [6.07, 6.45) is 3.32. The molecule has 0 aromatic carbocycles. The largest absolute Gasteiger partial charge is 0.300 e. The average molecular weight is 184 g/mol. The highest BCUT2D eigenvalue weighted by molar-refractivity contribution is 4.91. The van der Waals surface area contributed by atoms with Gasteiger partial charge >= 0.3 is 0 Å². The first kappa shape index (κ1) is 8.94. The van der Waals surface area contributed by atoms with Gasteiger partial charge in [-0.15, -0.1) is 0 Å². The quantitative estimate of drug-likeness (QED) is 0.488. The zero-order valence-corrected chi connectivity index (χ0v) is 7.98. The molecule has 2 aliphatic rings. The minimum absolute atomic E-state index is 0.120. The van der Waals surface area contributed by atoms with Crippen molar-refractivity contribution in [3.63, 3.8) is 0 Å². The number of hydrogen-bond acceptors (Lipinski definition) is 3. The molecule has 1 aliphatic carbocycles. The van der Waals surface area contributed by atoms with Crippen LogP contribution in [0.3, 0.4) is 0 Å². The van der Waals surface area contributed by atoms with Crippen LogP contribution >= 0.6 is 0 Å². The number of nitrogens with zero attached hydrogens (tertiary/aromatic N) is 2. The average Bonchev–Trinajstić information content (AvgIpc) is 2.72. The molecule has 0 N–H and O–H groups in total. The fourth-order valence-corrected chi connectivity index (χ4v) is 2.25. The first-order valence-corrected chi connectivity index (χ1v) is 5.06. The summed E-state index contributed by atoms with van der Waals surface area (Å²) >= 11 is 0. The summed E-state index contributed by atoms with van der Waals surface area (Å²) in [4.78, 5) is 12.7. The standard InChI is InChI=1S/C9H16N2O2/c1-7-3-2-4-10(7)6-8-5-9(8)11(12)13/h7-9H,2-6H2,1H3/t7-,8-,9+/m0/s1. The van der Waals surface area contributed by atoms with Crippen molar-refractivity contribution in [1.29, 1.82) is 0 Å². The maximum absolute atomic E-state index is 10.4. The Balaban J connectivity index is 1.77. The normalized spacial score (nSPS) is 39.3. The maximum Gasteiger partial charge on any atom is 0.218 e. The lowest BCUT2D eigenvalue weighted by Gasteiger charge is -2.19. The molecule has 74 valence electrons. The molecule has 13 heavy (non-hydrogen) atoms. The van der Waals surface area contributed by atoms with E-state index < -0.39 is 0 Å². The van der Waals surface area contributed by atoms with Crippen LogP contribution in [-0.4, -0.2) is 35.0 Å². The van der Waals surface area contributed by atoms with Crippen molar-refractivity contribution in [2.24, 2.45) is 5.92 Å². The molecule has 1 saturated heterocycles. The van der Waals surface area contributed by atoms with Gasteiger partial charge in [-0.2, -0.15) is 0 Å². The number of hydrogen-bond donors (Lipinski definition) is 0. The SMILES string of the molecule is C[C@H]1CCCN1C[C@@H]1C[C@H]1[N+](=O)[O-]. The molecule has 0 radical (unpaired) electrons. The van der Waals surface area contributed by atoms with Crippen LogP contribution in [0.25, 0.3) is 0 Å². The van der Waals surface area contributed by atoms with Crippen LogP contribution in [0.5, 0.6) is 0 Å². The van der Waals surface area contributed by atoms with Crippen molar-refractivity contribution in [2.75, 3.05) is 13.1 Å². The molecule has 4 nitrogen and oxygen atoms in total. The van der Waals surface area contributed by atoms with Gasteiger partial charge in [-0.25, -0.2) is 0 Å². The van der Waals surface area contributed by atoms with Crippen LogP contribution in [0.15, 0.2) is 0 Å². The van der Waals surface area contributed by atoms with E-state index in [0.717, 1.165) is 19.5 Å². The van der Waals surface area contributed by atoms with E-state index in [1.165, 1.54) is 12.8 Å². The fraction of sp³-hybridized carbons (Fsp3) is 1.00. The molecule has 0 bridgehead atoms. The lowest BCUT2D eigenvalue weighted by Crippen LogP contribution is -2.30. The van der Waals surface area contributed by atoms with Gasteiger partial charge in [-0.3, -0.25) is 10.1 Å². The van der Waals surface area contributed by atoms with E-state index in [-0.39, 0.29) is 11.0 Å². The summed E-state index contributed by atoms with van der Waals surface area (Å²) in [6.45, 7) is 4.31. The second kappa shape index (κ2) is 3.25. The maximum atomic E-state index is 10.4. The number of nitro groups is 1. The van der Waals surface area contributed by atoms with E-state index in [1.807, 2.05) is 0 Å². The van der Waals surface area contributed by atoms with Gasteiger partial charge in [0.1, 0.15) is 0 Å². The van der Waals surface area contributed by atoms with E-state index in [0.29, 0.717) is 12.0 Å². The first-order valence-electron chi connectivity index (χ1n) is 5.06. The van der Waals surface area contributed by atoms with Gasteiger partial charge in [0.2, 0.25) is 6.04 Å². The predicted molar refractivity (Wildman–Crippen MR) is 49.2 cm³/mol. The van der Waals surface area contributed by atoms with Crippen molar-refractivity contribution in [3.05, 3.63) is 10.1 Å². The van der Waals surface area contributed by atoms with Gasteiger partial charge in [-0.05, 0) is 26.3 Å². The van der Waals surface area contributed by atoms with Crippen molar-refractivity contribution >= 4 is 0 Å². The highest BCUT2D eigenvalue weighted by atomic mass is 16.6. The van der Waals surface area contributed by atoms with Crippen molar-refractivity contribution in [2.45, 2.75) is 38.3 Å². The Morgan fingerprint density at radius 3 is 2.85 bits per heavy atom. The van der Waals surface area contributed by atoms with Crippen LogP contribution in [0, 0.1) is 16.0 Å². The van der Waals surface area contributed by atoms with Gasteiger partial charge in [0.15, 0.2) is 0 Å². The zero-order chi connectivity index (χ0) is 9.42. The van der Waals surface area contributed by atoms with Crippen LogP contribution in [0.4, 0.5) is 0 Å². The van der Waals surface area contributed by atoms with Gasteiger partial charge in [-0.1, -0.05) is 0 Å². The van der Waals surface area contributed by atoms with Crippen LogP contribution in [0.2, 0.25) is 0 Å². The molecule has 0 unspecified atom stereocenters. The Morgan fingerprint density at radius 1 is 1.62 bits per heavy atom. The minimum atomic E-state index is -0.229. The second-order valence-corrected chi connectivity index (χ2v) is 4.33. The Labute approximate surface area is 78.1 Å². The highest BCUT2D eigenvalue weighted by Gasteiger charge is 2.49. The van der Waals surface area contributed by atoms with E-state index >= 15 is 0 Å². The third-order valence-corrected chi connectivity index (χ3v) is 3.32. The molecule has 1 aliphatic heterocycles. The Morgan fingerprint density at radius 2 is 2.38 bits per heavy atom. The lowest BCUT2D eigenvalue weighted by atomic mass is 10.2. The first-order chi connectivity index (χ1) is 6.18. The minimum Gasteiger partial charge on any atom is -0.300 e. The predicted octanol–water partition coefficient (Wildman–Crippen LogP) is 1.14. The summed E-state index contributed by atoms with van der Waals surface area (Å²) in [6, 6.07) is 0.417. The third kappa shape index (κ3) is 1.82. The molecule has 2 fully saturated rings. The van der Waals surface area contributed by atoms with E-state index in [9.17, 15) is 10.1 Å². The molecule has 3 atom stereocenters. The van der Waals surface area contributed by atoms with Gasteiger partial charge in [0.05, 0.1) is 0 Å². The molecule has 1 saturated carbocycles. The third-order valence-electron chi connectivity index (χ3n) is 3.32. The Hall–Kier alpha value is -0.640. The zero-order valence-electron chi connectivity index (χ0n) is 7.98.